The highest BCUT2D eigenvalue weighted by atomic mass is 19.4. The van der Waals surface area contributed by atoms with Crippen molar-refractivity contribution >= 4 is 0 Å². The molecule has 19 heavy (non-hydrogen) atoms. The lowest BCUT2D eigenvalue weighted by molar-refractivity contribution is -0.274. The van der Waals surface area contributed by atoms with Crippen LogP contribution in [-0.4, -0.2) is 16.1 Å². The van der Waals surface area contributed by atoms with Crippen LogP contribution in [-0.2, 0) is 0 Å². The fraction of sp³-hybridized carbons (Fsp3) is 0.167. The van der Waals surface area contributed by atoms with Gasteiger partial charge in [-0.1, -0.05) is 6.07 Å². The molecule has 0 saturated heterocycles. The summed E-state index contributed by atoms with van der Waals surface area (Å²) < 4.78 is 41.2. The zero-order valence-corrected chi connectivity index (χ0v) is 9.65. The second-order valence-corrected chi connectivity index (χ2v) is 3.60. The van der Waals surface area contributed by atoms with Gasteiger partial charge in [-0.25, -0.2) is 4.68 Å². The van der Waals surface area contributed by atoms with Gasteiger partial charge in [0.25, 0.3) is 0 Å². The average molecular weight is 268 g/mol. The van der Waals surface area contributed by atoms with E-state index in [9.17, 15) is 18.0 Å². The van der Waals surface area contributed by atoms with Crippen molar-refractivity contribution in [1.29, 1.82) is 0 Å². The first-order valence-corrected chi connectivity index (χ1v) is 5.11. The van der Waals surface area contributed by atoms with Gasteiger partial charge in [0.1, 0.15) is 17.1 Å². The molecule has 98 valence electrons. The zero-order chi connectivity index (χ0) is 14.0. The number of rotatable bonds is 2. The summed E-state index contributed by atoms with van der Waals surface area (Å²) in [6.07, 6.45) is -3.45. The van der Waals surface area contributed by atoms with E-state index in [1.165, 1.54) is 23.9 Å². The summed E-state index contributed by atoms with van der Waals surface area (Å²) in [4.78, 5) is 11.2. The molecular weight excluding hydrogens is 261 g/mol. The quantitative estimate of drug-likeness (QED) is 0.837. The molecule has 0 radical (unpaired) electrons. The summed E-state index contributed by atoms with van der Waals surface area (Å²) in [5.74, 6) is -0.431. The summed E-state index contributed by atoms with van der Waals surface area (Å²) in [5.41, 5.74) is 0.144. The highest BCUT2D eigenvalue weighted by molar-refractivity contribution is 5.34. The molecular formula is C12H7F3N2O2. The smallest absolute Gasteiger partial charge is 0.405 e. The molecule has 0 fully saturated rings. The molecule has 0 aliphatic rings. The fourth-order valence-corrected chi connectivity index (χ4v) is 1.35. The summed E-state index contributed by atoms with van der Waals surface area (Å²) in [6, 6.07) is 8.34. The Bertz CT molecular complexity index is 650. The third-order valence-electron chi connectivity index (χ3n) is 2.16. The standard InChI is InChI=1S/C12H7F3N2O2/c1-8-11(18)5-6-17(16-8)9-3-2-4-10(7-9)19-12(13,14)15/h4-7H,1H3. The first-order chi connectivity index (χ1) is 8.85. The van der Waals surface area contributed by atoms with Gasteiger partial charge in [0.15, 0.2) is 0 Å². The lowest BCUT2D eigenvalue weighted by atomic mass is 10.3. The van der Waals surface area contributed by atoms with Crippen LogP contribution in [0, 0.1) is 19.1 Å². The van der Waals surface area contributed by atoms with E-state index in [-0.39, 0.29) is 16.8 Å². The van der Waals surface area contributed by atoms with E-state index in [1.807, 2.05) is 0 Å². The number of aryl methyl sites for hydroxylation is 1. The first-order valence-electron chi connectivity index (χ1n) is 5.11. The van der Waals surface area contributed by atoms with Gasteiger partial charge in [0.2, 0.25) is 5.43 Å². The van der Waals surface area contributed by atoms with E-state index >= 15 is 0 Å². The molecule has 1 heterocycles. The highest BCUT2D eigenvalue weighted by Gasteiger charge is 2.31. The maximum atomic E-state index is 12.1. The minimum absolute atomic E-state index is 0.185. The Kier molecular flexibility index (Phi) is 3.17. The van der Waals surface area contributed by atoms with Gasteiger partial charge in [-0.3, -0.25) is 4.79 Å². The molecule has 0 atom stereocenters. The van der Waals surface area contributed by atoms with Gasteiger partial charge < -0.3 is 4.74 Å². The molecule has 4 nitrogen and oxygen atoms in total. The Labute approximate surface area is 106 Å². The number of hydrogen-bond donors (Lipinski definition) is 0. The lowest BCUT2D eigenvalue weighted by Gasteiger charge is -2.09. The SMILES string of the molecule is Cc1nn(-c2c#ccc(OC(F)(F)F)c2)ccc1=O. The van der Waals surface area contributed by atoms with E-state index in [4.69, 9.17) is 0 Å². The summed E-state index contributed by atoms with van der Waals surface area (Å²) in [6.45, 7) is 1.50. The second-order valence-electron chi connectivity index (χ2n) is 3.60. The van der Waals surface area contributed by atoms with Crippen LogP contribution in [0.3, 0.4) is 0 Å². The van der Waals surface area contributed by atoms with Crippen LogP contribution in [0.5, 0.6) is 5.75 Å². The van der Waals surface area contributed by atoms with Crippen LogP contribution >= 0.6 is 0 Å². The average Bonchev–Trinajstić information content (AvgIpc) is 2.31. The highest BCUT2D eigenvalue weighted by Crippen LogP contribution is 2.22. The zero-order valence-electron chi connectivity index (χ0n) is 9.65. The van der Waals surface area contributed by atoms with Crippen molar-refractivity contribution in [3.8, 4) is 11.4 Å². The molecule has 1 aromatic heterocycles. The maximum Gasteiger partial charge on any atom is 0.573 e. The predicted octanol–water partition coefficient (Wildman–Crippen LogP) is 2.04. The Morgan fingerprint density at radius 1 is 1.42 bits per heavy atom. The van der Waals surface area contributed by atoms with Gasteiger partial charge in [-0.05, 0) is 13.0 Å². The van der Waals surface area contributed by atoms with Crippen molar-refractivity contribution in [2.24, 2.45) is 0 Å². The Morgan fingerprint density at radius 3 is 2.79 bits per heavy atom. The van der Waals surface area contributed by atoms with Crippen LogP contribution in [0.25, 0.3) is 5.69 Å². The maximum absolute atomic E-state index is 12.1. The second kappa shape index (κ2) is 4.65. The molecule has 0 amide bonds. The minimum atomic E-state index is -4.78. The van der Waals surface area contributed by atoms with Crippen molar-refractivity contribution in [2.75, 3.05) is 0 Å². The first kappa shape index (κ1) is 13.0. The van der Waals surface area contributed by atoms with Crippen LogP contribution in [0.15, 0.2) is 29.2 Å². The molecule has 0 aliphatic heterocycles. The fourth-order valence-electron chi connectivity index (χ4n) is 1.35. The molecule has 0 unspecified atom stereocenters. The summed E-state index contributed by atoms with van der Waals surface area (Å²) >= 11 is 0. The molecule has 0 bridgehead atoms. The van der Waals surface area contributed by atoms with E-state index in [2.05, 4.69) is 22.0 Å². The number of halogens is 3. The van der Waals surface area contributed by atoms with E-state index < -0.39 is 12.1 Å². The summed E-state index contributed by atoms with van der Waals surface area (Å²) in [7, 11) is 0. The van der Waals surface area contributed by atoms with Crippen LogP contribution in [0.4, 0.5) is 13.2 Å². The van der Waals surface area contributed by atoms with Gasteiger partial charge >= 0.3 is 6.36 Å². The summed E-state index contributed by atoms with van der Waals surface area (Å²) in [5, 5.41) is 3.90. The van der Waals surface area contributed by atoms with Crippen molar-refractivity contribution in [3.63, 3.8) is 0 Å². The molecule has 0 N–H and O–H groups in total. The van der Waals surface area contributed by atoms with Gasteiger partial charge in [0, 0.05) is 24.4 Å². The van der Waals surface area contributed by atoms with Crippen LogP contribution in [0.2, 0.25) is 0 Å². The van der Waals surface area contributed by atoms with Crippen molar-refractivity contribution < 1.29 is 17.9 Å². The number of aromatic nitrogens is 2. The molecule has 2 rings (SSSR count). The van der Waals surface area contributed by atoms with Crippen LogP contribution < -0.4 is 10.2 Å². The largest absolute Gasteiger partial charge is 0.573 e. The van der Waals surface area contributed by atoms with Crippen molar-refractivity contribution in [3.05, 3.63) is 52.4 Å². The monoisotopic (exact) mass is 268 g/mol. The number of alkyl halides is 3. The molecule has 0 saturated carbocycles. The normalized spacial score (nSPS) is 10.9. The van der Waals surface area contributed by atoms with Gasteiger partial charge in [0.05, 0.1) is 0 Å². The van der Waals surface area contributed by atoms with E-state index in [0.717, 1.165) is 12.1 Å². The van der Waals surface area contributed by atoms with E-state index in [1.54, 1.807) is 0 Å². The Balaban J connectivity index is 2.37. The minimum Gasteiger partial charge on any atom is -0.405 e. The molecule has 1 aromatic carbocycles. The van der Waals surface area contributed by atoms with Gasteiger partial charge in [-0.2, -0.15) is 5.10 Å². The van der Waals surface area contributed by atoms with E-state index in [0.29, 0.717) is 0 Å². The molecule has 0 aliphatic carbocycles. The number of hydrogen-bond acceptors (Lipinski definition) is 3. The Hall–Kier alpha value is -2.49. The van der Waals surface area contributed by atoms with Crippen LogP contribution in [0.1, 0.15) is 5.69 Å². The lowest BCUT2D eigenvalue weighted by Crippen LogP contribution is -2.17. The topological polar surface area (TPSA) is 44.1 Å². The van der Waals surface area contributed by atoms with Crippen molar-refractivity contribution in [1.82, 2.24) is 9.78 Å². The van der Waals surface area contributed by atoms with Crippen molar-refractivity contribution in [2.45, 2.75) is 13.3 Å². The number of nitrogens with zero attached hydrogens (tertiary/aromatic N) is 2. The third kappa shape index (κ3) is 3.25. The third-order valence-corrected chi connectivity index (χ3v) is 2.16. The predicted molar refractivity (Wildman–Crippen MR) is 58.9 cm³/mol. The molecule has 0 spiro atoms. The Morgan fingerprint density at radius 2 is 2.16 bits per heavy atom. The molecule has 7 heteroatoms. The molecule has 2 aromatic rings. The van der Waals surface area contributed by atoms with Gasteiger partial charge in [-0.15, -0.1) is 13.2 Å². The number of ether oxygens (including phenoxy) is 1.